The van der Waals surface area contributed by atoms with Gasteiger partial charge in [-0.25, -0.2) is 4.79 Å². The van der Waals surface area contributed by atoms with Gasteiger partial charge in [0, 0.05) is 16.7 Å². The van der Waals surface area contributed by atoms with Crippen molar-refractivity contribution in [1.29, 1.82) is 0 Å². The summed E-state index contributed by atoms with van der Waals surface area (Å²) in [7, 11) is 0. The smallest absolute Gasteiger partial charge is 0.337 e. The van der Waals surface area contributed by atoms with E-state index in [9.17, 15) is 14.7 Å². The number of aryl methyl sites for hydroxylation is 1. The van der Waals surface area contributed by atoms with Gasteiger partial charge in [-0.2, -0.15) is 0 Å². The summed E-state index contributed by atoms with van der Waals surface area (Å²) in [5.41, 5.74) is -0.721. The molecule has 1 fully saturated rings. The van der Waals surface area contributed by atoms with Crippen LogP contribution in [-0.4, -0.2) is 34.2 Å². The second kappa shape index (κ2) is 4.94. The SMILES string of the molecule is Cc1ccsc1C1CC1C(=O)NCC(C)(O)C(=O)O. The number of carboxylic acids is 1. The molecule has 3 unspecified atom stereocenters. The van der Waals surface area contributed by atoms with E-state index in [4.69, 9.17) is 5.11 Å². The van der Waals surface area contributed by atoms with E-state index in [1.54, 1.807) is 11.3 Å². The number of nitrogens with one attached hydrogen (secondary N) is 1. The number of carbonyl (C=O) groups excluding carboxylic acids is 1. The van der Waals surface area contributed by atoms with Crippen LogP contribution in [0, 0.1) is 12.8 Å². The molecule has 0 spiro atoms. The first-order valence-corrected chi connectivity index (χ1v) is 6.98. The maximum absolute atomic E-state index is 11.9. The maximum Gasteiger partial charge on any atom is 0.337 e. The fourth-order valence-electron chi connectivity index (χ4n) is 2.00. The highest BCUT2D eigenvalue weighted by Gasteiger charge is 2.45. The van der Waals surface area contributed by atoms with Crippen molar-refractivity contribution in [2.24, 2.45) is 5.92 Å². The molecule has 0 saturated heterocycles. The van der Waals surface area contributed by atoms with Gasteiger partial charge < -0.3 is 15.5 Å². The monoisotopic (exact) mass is 283 g/mol. The molecule has 0 aliphatic heterocycles. The first-order valence-electron chi connectivity index (χ1n) is 6.10. The van der Waals surface area contributed by atoms with Gasteiger partial charge >= 0.3 is 5.97 Å². The Morgan fingerprint density at radius 3 is 2.79 bits per heavy atom. The number of amides is 1. The minimum Gasteiger partial charge on any atom is -0.479 e. The number of thiophene rings is 1. The van der Waals surface area contributed by atoms with Crippen molar-refractivity contribution in [3.63, 3.8) is 0 Å². The maximum atomic E-state index is 11.9. The van der Waals surface area contributed by atoms with Crippen LogP contribution in [0.2, 0.25) is 0 Å². The predicted molar refractivity (Wildman–Crippen MR) is 71.2 cm³/mol. The van der Waals surface area contributed by atoms with Crippen LogP contribution in [0.4, 0.5) is 0 Å². The van der Waals surface area contributed by atoms with Crippen LogP contribution in [-0.2, 0) is 9.59 Å². The molecular weight excluding hydrogens is 266 g/mol. The van der Waals surface area contributed by atoms with E-state index >= 15 is 0 Å². The molecule has 2 rings (SSSR count). The van der Waals surface area contributed by atoms with Crippen LogP contribution in [0.3, 0.4) is 0 Å². The highest BCUT2D eigenvalue weighted by atomic mass is 32.1. The van der Waals surface area contributed by atoms with Crippen LogP contribution in [0.5, 0.6) is 0 Å². The number of carboxylic acid groups (broad SMARTS) is 1. The van der Waals surface area contributed by atoms with Crippen molar-refractivity contribution in [3.8, 4) is 0 Å². The molecule has 1 aromatic heterocycles. The molecule has 3 atom stereocenters. The molecule has 19 heavy (non-hydrogen) atoms. The van der Waals surface area contributed by atoms with Crippen molar-refractivity contribution >= 4 is 23.2 Å². The van der Waals surface area contributed by atoms with Crippen LogP contribution in [0.1, 0.15) is 29.7 Å². The largest absolute Gasteiger partial charge is 0.479 e. The number of hydrogen-bond acceptors (Lipinski definition) is 4. The van der Waals surface area contributed by atoms with Gasteiger partial charge in [-0.3, -0.25) is 4.79 Å². The van der Waals surface area contributed by atoms with Crippen molar-refractivity contribution in [1.82, 2.24) is 5.32 Å². The summed E-state index contributed by atoms with van der Waals surface area (Å²) in [4.78, 5) is 23.8. The Labute approximate surface area is 115 Å². The normalized spacial score (nSPS) is 24.6. The van der Waals surface area contributed by atoms with E-state index in [2.05, 4.69) is 5.32 Å². The third-order valence-corrected chi connectivity index (χ3v) is 4.58. The molecule has 1 aliphatic carbocycles. The van der Waals surface area contributed by atoms with Gasteiger partial charge in [-0.05, 0) is 37.3 Å². The number of aliphatic hydroxyl groups is 1. The predicted octanol–water partition coefficient (Wildman–Crippen LogP) is 1.11. The van der Waals surface area contributed by atoms with Crippen molar-refractivity contribution < 1.29 is 19.8 Å². The van der Waals surface area contributed by atoms with Gasteiger partial charge in [0.1, 0.15) is 0 Å². The summed E-state index contributed by atoms with van der Waals surface area (Å²) in [6, 6.07) is 2.03. The first-order chi connectivity index (χ1) is 8.83. The summed E-state index contributed by atoms with van der Waals surface area (Å²) >= 11 is 1.65. The molecule has 0 aromatic carbocycles. The molecule has 104 valence electrons. The van der Waals surface area contributed by atoms with Gasteiger partial charge in [0.15, 0.2) is 5.60 Å². The highest BCUT2D eigenvalue weighted by molar-refractivity contribution is 7.10. The Balaban J connectivity index is 1.87. The topological polar surface area (TPSA) is 86.6 Å². The second-order valence-electron chi connectivity index (χ2n) is 5.21. The third-order valence-electron chi connectivity index (χ3n) is 3.43. The summed E-state index contributed by atoms with van der Waals surface area (Å²) in [5.74, 6) is -1.37. The zero-order valence-corrected chi connectivity index (χ0v) is 11.7. The van der Waals surface area contributed by atoms with Crippen molar-refractivity contribution in [3.05, 3.63) is 21.9 Å². The Bertz CT molecular complexity index is 508. The van der Waals surface area contributed by atoms with E-state index < -0.39 is 11.6 Å². The average Bonchev–Trinajstić information content (AvgIpc) is 3.02. The molecule has 1 heterocycles. The molecule has 0 bridgehead atoms. The van der Waals surface area contributed by atoms with Crippen molar-refractivity contribution in [2.45, 2.75) is 31.8 Å². The molecular formula is C13H17NO4S. The molecule has 0 radical (unpaired) electrons. The first kappa shape index (κ1) is 14.0. The molecule has 6 heteroatoms. The fraction of sp³-hybridized carbons (Fsp3) is 0.538. The van der Waals surface area contributed by atoms with Crippen LogP contribution >= 0.6 is 11.3 Å². The molecule has 3 N–H and O–H groups in total. The van der Waals surface area contributed by atoms with Gasteiger partial charge in [0.25, 0.3) is 0 Å². The summed E-state index contributed by atoms with van der Waals surface area (Å²) < 4.78 is 0. The number of aliphatic carboxylic acids is 1. The average molecular weight is 283 g/mol. The lowest BCUT2D eigenvalue weighted by atomic mass is 10.1. The van der Waals surface area contributed by atoms with E-state index in [0.29, 0.717) is 0 Å². The van der Waals surface area contributed by atoms with Crippen LogP contribution in [0.15, 0.2) is 11.4 Å². The Hall–Kier alpha value is -1.40. The quantitative estimate of drug-likeness (QED) is 0.755. The fourth-order valence-corrected chi connectivity index (χ4v) is 3.11. The van der Waals surface area contributed by atoms with Gasteiger partial charge in [-0.15, -0.1) is 11.3 Å². The van der Waals surface area contributed by atoms with E-state index in [-0.39, 0.29) is 24.3 Å². The minimum absolute atomic E-state index is 0.0954. The lowest BCUT2D eigenvalue weighted by molar-refractivity contribution is -0.156. The zero-order chi connectivity index (χ0) is 14.2. The molecule has 1 aromatic rings. The Morgan fingerprint density at radius 1 is 1.58 bits per heavy atom. The molecule has 5 nitrogen and oxygen atoms in total. The lowest BCUT2D eigenvalue weighted by Crippen LogP contribution is -2.47. The number of carbonyl (C=O) groups is 2. The van der Waals surface area contributed by atoms with Crippen LogP contribution in [0.25, 0.3) is 0 Å². The van der Waals surface area contributed by atoms with Crippen LogP contribution < -0.4 is 5.32 Å². The van der Waals surface area contributed by atoms with E-state index in [1.165, 1.54) is 17.4 Å². The Morgan fingerprint density at radius 2 is 2.26 bits per heavy atom. The van der Waals surface area contributed by atoms with Gasteiger partial charge in [0.05, 0.1) is 6.54 Å². The third kappa shape index (κ3) is 2.96. The highest BCUT2D eigenvalue weighted by Crippen LogP contribution is 2.50. The zero-order valence-electron chi connectivity index (χ0n) is 10.8. The standard InChI is InChI=1S/C13H17NO4S/c1-7-3-4-19-10(7)8-5-9(8)11(15)14-6-13(2,18)12(16)17/h3-4,8-9,18H,5-6H2,1-2H3,(H,14,15)(H,16,17). The molecule has 1 amide bonds. The summed E-state index contributed by atoms with van der Waals surface area (Å²) in [5, 5.41) is 22.8. The lowest BCUT2D eigenvalue weighted by Gasteiger charge is -2.18. The number of hydrogen-bond donors (Lipinski definition) is 3. The minimum atomic E-state index is -1.92. The number of rotatable bonds is 5. The summed E-state index contributed by atoms with van der Waals surface area (Å²) in [6.07, 6.45) is 0.794. The Kier molecular flexibility index (Phi) is 3.64. The van der Waals surface area contributed by atoms with E-state index in [1.807, 2.05) is 18.4 Å². The molecule has 1 saturated carbocycles. The summed E-state index contributed by atoms with van der Waals surface area (Å²) in [6.45, 7) is 2.92. The second-order valence-corrected chi connectivity index (χ2v) is 6.16. The van der Waals surface area contributed by atoms with Gasteiger partial charge in [-0.1, -0.05) is 0 Å². The van der Waals surface area contributed by atoms with E-state index in [0.717, 1.165) is 6.42 Å². The van der Waals surface area contributed by atoms with Gasteiger partial charge in [0.2, 0.25) is 5.91 Å². The molecule has 1 aliphatic rings. The van der Waals surface area contributed by atoms with Crippen molar-refractivity contribution in [2.75, 3.05) is 6.54 Å².